The molecule has 1 amide bonds. The van der Waals surface area contributed by atoms with E-state index in [1.807, 2.05) is 0 Å². The first-order valence-corrected chi connectivity index (χ1v) is 10.5. The number of hydrogen-bond donors (Lipinski definition) is 2. The lowest BCUT2D eigenvalue weighted by molar-refractivity contribution is 0.0947. The topological polar surface area (TPSA) is 93.7 Å². The molecule has 152 valence electrons. The summed E-state index contributed by atoms with van der Waals surface area (Å²) in [5, 5.41) is 2.82. The first kappa shape index (κ1) is 22.0. The fourth-order valence-electron chi connectivity index (χ4n) is 2.34. The van der Waals surface area contributed by atoms with Crippen LogP contribution in [0.4, 0.5) is 0 Å². The van der Waals surface area contributed by atoms with Gasteiger partial charge >= 0.3 is 0 Å². The van der Waals surface area contributed by atoms with Crippen molar-refractivity contribution in [3.63, 3.8) is 0 Å². The van der Waals surface area contributed by atoms with Crippen molar-refractivity contribution in [1.82, 2.24) is 10.0 Å². The summed E-state index contributed by atoms with van der Waals surface area (Å²) in [6, 6.07) is 10.8. The summed E-state index contributed by atoms with van der Waals surface area (Å²) < 4.78 is 37.7. The Balaban J connectivity index is 1.99. The van der Waals surface area contributed by atoms with Crippen molar-refractivity contribution >= 4 is 27.5 Å². The third-order valence-electron chi connectivity index (χ3n) is 3.58. The Morgan fingerprint density at radius 1 is 1.14 bits per heavy atom. The van der Waals surface area contributed by atoms with E-state index in [4.69, 9.17) is 21.1 Å². The van der Waals surface area contributed by atoms with Crippen LogP contribution in [0.2, 0.25) is 5.02 Å². The SMILES string of the molecule is COc1cccc(OCCNC(=O)c2cc(S(=O)(=O)NC(C)C)ccc2Cl)c1. The molecule has 0 aliphatic carbocycles. The van der Waals surface area contributed by atoms with Gasteiger partial charge in [0.05, 0.1) is 29.1 Å². The normalized spacial score (nSPS) is 11.3. The van der Waals surface area contributed by atoms with Gasteiger partial charge in [0.2, 0.25) is 10.0 Å². The lowest BCUT2D eigenvalue weighted by atomic mass is 10.2. The zero-order valence-electron chi connectivity index (χ0n) is 15.9. The highest BCUT2D eigenvalue weighted by atomic mass is 35.5. The standard InChI is InChI=1S/C19H23ClN2O5S/c1-13(2)22-28(24,25)16-7-8-18(20)17(12-16)19(23)21-9-10-27-15-6-4-5-14(11-15)26-3/h4-8,11-13,22H,9-10H2,1-3H3,(H,21,23). The number of nitrogens with one attached hydrogen (secondary N) is 2. The van der Waals surface area contributed by atoms with Crippen molar-refractivity contribution in [1.29, 1.82) is 0 Å². The van der Waals surface area contributed by atoms with Crippen molar-refractivity contribution < 1.29 is 22.7 Å². The van der Waals surface area contributed by atoms with Gasteiger partial charge in [-0.15, -0.1) is 0 Å². The summed E-state index contributed by atoms with van der Waals surface area (Å²) in [5.41, 5.74) is 0.0784. The highest BCUT2D eigenvalue weighted by molar-refractivity contribution is 7.89. The maximum absolute atomic E-state index is 12.4. The van der Waals surface area contributed by atoms with Crippen LogP contribution in [0.5, 0.6) is 11.5 Å². The van der Waals surface area contributed by atoms with Gasteiger partial charge < -0.3 is 14.8 Å². The van der Waals surface area contributed by atoms with E-state index in [-0.39, 0.29) is 34.7 Å². The van der Waals surface area contributed by atoms with Crippen molar-refractivity contribution in [2.45, 2.75) is 24.8 Å². The summed E-state index contributed by atoms with van der Waals surface area (Å²) >= 11 is 6.07. The largest absolute Gasteiger partial charge is 0.497 e. The average Bonchev–Trinajstić information content (AvgIpc) is 2.64. The van der Waals surface area contributed by atoms with Gasteiger partial charge in [-0.2, -0.15) is 0 Å². The van der Waals surface area contributed by atoms with E-state index in [2.05, 4.69) is 10.0 Å². The minimum Gasteiger partial charge on any atom is -0.497 e. The Morgan fingerprint density at radius 2 is 1.86 bits per heavy atom. The van der Waals surface area contributed by atoms with Crippen LogP contribution in [0.1, 0.15) is 24.2 Å². The molecule has 2 aromatic carbocycles. The monoisotopic (exact) mass is 426 g/mol. The molecule has 0 bridgehead atoms. The molecule has 2 N–H and O–H groups in total. The van der Waals surface area contributed by atoms with Gasteiger partial charge in [0.1, 0.15) is 18.1 Å². The summed E-state index contributed by atoms with van der Waals surface area (Å²) in [6.07, 6.45) is 0. The molecule has 9 heteroatoms. The molecule has 2 aromatic rings. The molecule has 2 rings (SSSR count). The first-order chi connectivity index (χ1) is 13.2. The lowest BCUT2D eigenvalue weighted by Gasteiger charge is -2.12. The molecular weight excluding hydrogens is 404 g/mol. The number of sulfonamides is 1. The van der Waals surface area contributed by atoms with Gasteiger partial charge in [-0.3, -0.25) is 4.79 Å². The van der Waals surface area contributed by atoms with E-state index in [1.165, 1.54) is 18.2 Å². The maximum atomic E-state index is 12.4. The van der Waals surface area contributed by atoms with E-state index in [0.29, 0.717) is 11.5 Å². The first-order valence-electron chi connectivity index (χ1n) is 8.60. The van der Waals surface area contributed by atoms with E-state index in [9.17, 15) is 13.2 Å². The Labute approximate surface area is 170 Å². The summed E-state index contributed by atoms with van der Waals surface area (Å²) in [6.45, 7) is 3.86. The molecule has 0 saturated carbocycles. The second-order valence-corrected chi connectivity index (χ2v) is 8.32. The van der Waals surface area contributed by atoms with Crippen molar-refractivity contribution in [3.8, 4) is 11.5 Å². The maximum Gasteiger partial charge on any atom is 0.252 e. The molecule has 0 radical (unpaired) electrons. The summed E-state index contributed by atoms with van der Waals surface area (Å²) in [4.78, 5) is 12.4. The second-order valence-electron chi connectivity index (χ2n) is 6.20. The number of methoxy groups -OCH3 is 1. The predicted molar refractivity (Wildman–Crippen MR) is 108 cm³/mol. The Kier molecular flexibility index (Phi) is 7.68. The van der Waals surface area contributed by atoms with E-state index in [0.717, 1.165) is 0 Å². The quantitative estimate of drug-likeness (QED) is 0.601. The highest BCUT2D eigenvalue weighted by Gasteiger charge is 2.19. The molecule has 0 heterocycles. The number of rotatable bonds is 9. The predicted octanol–water partition coefficient (Wildman–Crippen LogP) is 2.84. The van der Waals surface area contributed by atoms with Gasteiger partial charge in [-0.25, -0.2) is 13.1 Å². The van der Waals surface area contributed by atoms with Gasteiger partial charge in [0.25, 0.3) is 5.91 Å². The fourth-order valence-corrected chi connectivity index (χ4v) is 3.82. The molecular formula is C19H23ClN2O5S. The number of carbonyl (C=O) groups is 1. The van der Waals surface area contributed by atoms with E-state index in [1.54, 1.807) is 45.2 Å². The van der Waals surface area contributed by atoms with Crippen LogP contribution in [0, 0.1) is 0 Å². The van der Waals surface area contributed by atoms with Crippen molar-refractivity contribution in [2.75, 3.05) is 20.3 Å². The number of benzene rings is 2. The van der Waals surface area contributed by atoms with Gasteiger partial charge in [-0.1, -0.05) is 17.7 Å². The summed E-state index contributed by atoms with van der Waals surface area (Å²) in [5.74, 6) is 0.793. The van der Waals surface area contributed by atoms with Gasteiger partial charge in [-0.05, 0) is 44.2 Å². The molecule has 0 aliphatic heterocycles. The molecule has 7 nitrogen and oxygen atoms in total. The van der Waals surface area contributed by atoms with E-state index >= 15 is 0 Å². The molecule has 0 fully saturated rings. The number of carbonyl (C=O) groups excluding carboxylic acids is 1. The van der Waals surface area contributed by atoms with Crippen molar-refractivity contribution in [2.24, 2.45) is 0 Å². The third-order valence-corrected chi connectivity index (χ3v) is 5.57. The van der Waals surface area contributed by atoms with E-state index < -0.39 is 15.9 Å². The fraction of sp³-hybridized carbons (Fsp3) is 0.316. The number of hydrogen-bond acceptors (Lipinski definition) is 5. The number of amides is 1. The van der Waals surface area contributed by atoms with Crippen LogP contribution < -0.4 is 19.5 Å². The zero-order chi connectivity index (χ0) is 20.7. The average molecular weight is 427 g/mol. The van der Waals surface area contributed by atoms with Crippen LogP contribution in [-0.2, 0) is 10.0 Å². The van der Waals surface area contributed by atoms with Crippen LogP contribution in [0.15, 0.2) is 47.4 Å². The smallest absolute Gasteiger partial charge is 0.252 e. The van der Waals surface area contributed by atoms with Crippen LogP contribution in [0.3, 0.4) is 0 Å². The Morgan fingerprint density at radius 3 is 2.54 bits per heavy atom. The molecule has 0 atom stereocenters. The third kappa shape index (κ3) is 6.12. The minimum absolute atomic E-state index is 0.0246. The zero-order valence-corrected chi connectivity index (χ0v) is 17.4. The van der Waals surface area contributed by atoms with Crippen LogP contribution in [-0.4, -0.2) is 40.6 Å². The number of ether oxygens (including phenoxy) is 2. The number of halogens is 1. The molecule has 0 aliphatic rings. The van der Waals surface area contributed by atoms with Gasteiger partial charge in [0, 0.05) is 12.1 Å². The Bertz CT molecular complexity index is 932. The molecule has 0 unspecified atom stereocenters. The molecule has 0 saturated heterocycles. The summed E-state index contributed by atoms with van der Waals surface area (Å²) in [7, 11) is -2.16. The van der Waals surface area contributed by atoms with Crippen LogP contribution in [0.25, 0.3) is 0 Å². The lowest BCUT2D eigenvalue weighted by Crippen LogP contribution is -2.31. The van der Waals surface area contributed by atoms with Crippen molar-refractivity contribution in [3.05, 3.63) is 53.1 Å². The highest BCUT2D eigenvalue weighted by Crippen LogP contribution is 2.21. The Hall–Kier alpha value is -2.29. The molecule has 0 aromatic heterocycles. The minimum atomic E-state index is -3.73. The molecule has 28 heavy (non-hydrogen) atoms. The second kappa shape index (κ2) is 9.77. The van der Waals surface area contributed by atoms with Gasteiger partial charge in [0.15, 0.2) is 0 Å². The van der Waals surface area contributed by atoms with Crippen LogP contribution >= 0.6 is 11.6 Å². The molecule has 0 spiro atoms.